The van der Waals surface area contributed by atoms with E-state index >= 15 is 0 Å². The lowest BCUT2D eigenvalue weighted by Crippen LogP contribution is -2.49. The highest BCUT2D eigenvalue weighted by Gasteiger charge is 2.26. The number of anilines is 1. The highest BCUT2D eigenvalue weighted by molar-refractivity contribution is 6.18. The summed E-state index contributed by atoms with van der Waals surface area (Å²) in [5.41, 5.74) is 8.37. The van der Waals surface area contributed by atoms with Gasteiger partial charge in [0, 0.05) is 70.0 Å². The van der Waals surface area contributed by atoms with Crippen LogP contribution in [-0.4, -0.2) is 132 Å². The molecular weight excluding hydrogens is 715 g/mol. The number of nitrogens with two attached hydrogens (primary N) is 1. The van der Waals surface area contributed by atoms with Crippen molar-refractivity contribution >= 4 is 58.4 Å². The van der Waals surface area contributed by atoms with Gasteiger partial charge in [0.25, 0.3) is 0 Å². The van der Waals surface area contributed by atoms with Crippen molar-refractivity contribution < 1.29 is 24.0 Å². The van der Waals surface area contributed by atoms with Crippen LogP contribution in [0.4, 0.5) is 5.69 Å². The first-order chi connectivity index (χ1) is 24.9. The molecule has 0 radical (unpaired) electrons. The zero-order chi connectivity index (χ0) is 38.0. The third-order valence-electron chi connectivity index (χ3n) is 7.87. The Balaban J connectivity index is 1.60. The molecule has 0 atom stereocenters. The number of rotatable bonds is 23. The number of primary amides is 1. The number of aryl methyl sites for hydroxylation is 3. The second kappa shape index (κ2) is 21.6. The van der Waals surface area contributed by atoms with E-state index in [9.17, 15) is 24.0 Å². The van der Waals surface area contributed by atoms with Gasteiger partial charge in [-0.2, -0.15) is 0 Å². The van der Waals surface area contributed by atoms with Crippen LogP contribution in [0.2, 0.25) is 0 Å². The van der Waals surface area contributed by atoms with Crippen molar-refractivity contribution in [3.05, 3.63) is 53.6 Å². The van der Waals surface area contributed by atoms with Gasteiger partial charge in [0.15, 0.2) is 0 Å². The van der Waals surface area contributed by atoms with Crippen molar-refractivity contribution in [2.45, 2.75) is 45.7 Å². The molecule has 0 bridgehead atoms. The maximum absolute atomic E-state index is 13.6. The van der Waals surface area contributed by atoms with Gasteiger partial charge in [0.1, 0.15) is 17.9 Å². The van der Waals surface area contributed by atoms with Gasteiger partial charge in [0.2, 0.25) is 29.5 Å². The fraction of sp³-hybridized carbons (Fsp3) is 0.545. The SMILES string of the molecule is CCCN(CC(=O)N(CC(N)=O)Cc1cn(C)nn1)C(=O)CN(Cc1cn(C)nn1)C(=O)CNC(=O)CCCc1ccc(N(CCCl)CCCl)cc1. The summed E-state index contributed by atoms with van der Waals surface area (Å²) in [4.78, 5) is 70.8. The van der Waals surface area contributed by atoms with Crippen LogP contribution in [0, 0.1) is 0 Å². The molecule has 52 heavy (non-hydrogen) atoms. The Hall–Kier alpha value is -4.77. The van der Waals surface area contributed by atoms with Crippen LogP contribution in [0.3, 0.4) is 0 Å². The van der Waals surface area contributed by atoms with Crippen LogP contribution in [-0.2, 0) is 57.6 Å². The number of aromatic nitrogens is 6. The molecular formula is C33H48Cl2N12O5. The maximum atomic E-state index is 13.6. The lowest BCUT2D eigenvalue weighted by atomic mass is 10.1. The third-order valence-corrected chi connectivity index (χ3v) is 8.21. The second-order valence-electron chi connectivity index (χ2n) is 12.2. The number of nitrogens with zero attached hydrogens (tertiary/aromatic N) is 10. The first-order valence-electron chi connectivity index (χ1n) is 17.0. The molecule has 2 aromatic heterocycles. The molecule has 0 spiro atoms. The molecule has 3 aromatic rings. The topological polar surface area (TPSA) is 198 Å². The van der Waals surface area contributed by atoms with E-state index in [1.165, 1.54) is 24.1 Å². The molecule has 0 saturated heterocycles. The quantitative estimate of drug-likeness (QED) is 0.128. The summed E-state index contributed by atoms with van der Waals surface area (Å²) in [6.07, 6.45) is 5.18. The summed E-state index contributed by atoms with van der Waals surface area (Å²) in [5.74, 6) is -1.58. The van der Waals surface area contributed by atoms with Gasteiger partial charge >= 0.3 is 0 Å². The summed E-state index contributed by atoms with van der Waals surface area (Å²) in [6, 6.07) is 8.04. The number of carbonyl (C=O) groups excluding carboxylic acids is 5. The minimum atomic E-state index is -0.726. The van der Waals surface area contributed by atoms with Gasteiger partial charge in [-0.25, -0.2) is 0 Å². The van der Waals surface area contributed by atoms with Gasteiger partial charge in [-0.15, -0.1) is 33.4 Å². The molecule has 0 aliphatic carbocycles. The molecule has 284 valence electrons. The van der Waals surface area contributed by atoms with Gasteiger partial charge in [-0.05, 0) is 37.0 Å². The van der Waals surface area contributed by atoms with Crippen molar-refractivity contribution in [3.8, 4) is 0 Å². The van der Waals surface area contributed by atoms with Crippen LogP contribution in [0.25, 0.3) is 0 Å². The Kier molecular flexibility index (Phi) is 17.3. The number of hydrogen-bond acceptors (Lipinski definition) is 10. The van der Waals surface area contributed by atoms with Crippen molar-refractivity contribution in [2.75, 3.05) is 62.5 Å². The lowest BCUT2D eigenvalue weighted by Gasteiger charge is -2.29. The normalized spacial score (nSPS) is 10.9. The number of halogens is 2. The Labute approximate surface area is 313 Å². The Bertz CT molecular complexity index is 1610. The number of nitrogens with one attached hydrogen (secondary N) is 1. The van der Waals surface area contributed by atoms with E-state index < -0.39 is 23.6 Å². The van der Waals surface area contributed by atoms with E-state index in [-0.39, 0.29) is 58.1 Å². The average molecular weight is 764 g/mol. The number of hydrogen-bond donors (Lipinski definition) is 2. The fourth-order valence-corrected chi connectivity index (χ4v) is 5.75. The van der Waals surface area contributed by atoms with Crippen molar-refractivity contribution in [1.82, 2.24) is 50.0 Å². The standard InChI is InChI=1S/C33H48Cl2N12O5/c1-4-14-45(23-33(52)46(22-29(36)48)20-26-18-42(2)40-38-26)32(51)24-47(21-27-19-43(3)41-39-27)31(50)17-37-30(49)7-5-6-25-8-10-28(11-9-25)44(15-12-34)16-13-35/h8-11,18-19H,4-7,12-17,20-24H2,1-3H3,(H2,36,48)(H,37,49). The first kappa shape index (κ1) is 41.6. The Morgan fingerprint density at radius 3 is 1.81 bits per heavy atom. The molecule has 19 heteroatoms. The van der Waals surface area contributed by atoms with Gasteiger partial charge in [-0.1, -0.05) is 29.5 Å². The fourth-order valence-electron chi connectivity index (χ4n) is 5.34. The minimum absolute atomic E-state index is 0.0319. The smallest absolute Gasteiger partial charge is 0.243 e. The number of benzene rings is 1. The van der Waals surface area contributed by atoms with E-state index in [2.05, 4.69) is 30.8 Å². The van der Waals surface area contributed by atoms with Gasteiger partial charge in [-0.3, -0.25) is 33.3 Å². The number of amides is 5. The zero-order valence-electron chi connectivity index (χ0n) is 29.9. The van der Waals surface area contributed by atoms with E-state index in [1.54, 1.807) is 26.5 Å². The van der Waals surface area contributed by atoms with E-state index in [4.69, 9.17) is 28.9 Å². The van der Waals surface area contributed by atoms with Crippen molar-refractivity contribution in [2.24, 2.45) is 19.8 Å². The van der Waals surface area contributed by atoms with Crippen LogP contribution in [0.5, 0.6) is 0 Å². The molecule has 0 fully saturated rings. The molecule has 0 saturated carbocycles. The molecule has 1 aromatic carbocycles. The minimum Gasteiger partial charge on any atom is -0.369 e. The summed E-state index contributed by atoms with van der Waals surface area (Å²) in [5, 5.41) is 18.4. The Morgan fingerprint density at radius 2 is 1.31 bits per heavy atom. The van der Waals surface area contributed by atoms with Crippen LogP contribution < -0.4 is 16.0 Å². The highest BCUT2D eigenvalue weighted by Crippen LogP contribution is 2.17. The van der Waals surface area contributed by atoms with Crippen LogP contribution >= 0.6 is 23.2 Å². The number of alkyl halides is 2. The molecule has 0 aliphatic heterocycles. The molecule has 3 N–H and O–H groups in total. The summed E-state index contributed by atoms with van der Waals surface area (Å²) >= 11 is 11.8. The summed E-state index contributed by atoms with van der Waals surface area (Å²) < 4.78 is 2.93. The molecule has 0 aliphatic rings. The van der Waals surface area contributed by atoms with E-state index in [0.29, 0.717) is 55.5 Å². The predicted octanol–water partition coefficient (Wildman–Crippen LogP) is 0.448. The zero-order valence-corrected chi connectivity index (χ0v) is 31.4. The molecule has 2 heterocycles. The molecule has 0 unspecified atom stereocenters. The lowest BCUT2D eigenvalue weighted by molar-refractivity contribution is -0.145. The largest absolute Gasteiger partial charge is 0.369 e. The van der Waals surface area contributed by atoms with Crippen molar-refractivity contribution in [3.63, 3.8) is 0 Å². The maximum Gasteiger partial charge on any atom is 0.243 e. The molecule has 3 rings (SSSR count). The van der Waals surface area contributed by atoms with Crippen LogP contribution in [0.1, 0.15) is 43.1 Å². The monoisotopic (exact) mass is 762 g/mol. The third kappa shape index (κ3) is 14.1. The predicted molar refractivity (Wildman–Crippen MR) is 195 cm³/mol. The van der Waals surface area contributed by atoms with Gasteiger partial charge < -0.3 is 30.7 Å². The van der Waals surface area contributed by atoms with Crippen LogP contribution in [0.15, 0.2) is 36.7 Å². The van der Waals surface area contributed by atoms with E-state index in [1.807, 2.05) is 31.2 Å². The number of carbonyl (C=O) groups is 5. The molecule has 5 amide bonds. The van der Waals surface area contributed by atoms with E-state index in [0.717, 1.165) is 11.3 Å². The first-order valence-corrected chi connectivity index (χ1v) is 18.0. The average Bonchev–Trinajstić information content (AvgIpc) is 3.72. The summed E-state index contributed by atoms with van der Waals surface area (Å²) in [7, 11) is 3.34. The highest BCUT2D eigenvalue weighted by atomic mass is 35.5. The van der Waals surface area contributed by atoms with Gasteiger partial charge in [0.05, 0.1) is 32.7 Å². The Morgan fingerprint density at radius 1 is 0.769 bits per heavy atom. The summed E-state index contributed by atoms with van der Waals surface area (Å²) in [6.45, 7) is 1.90. The molecule has 17 nitrogen and oxygen atoms in total. The second-order valence-corrected chi connectivity index (χ2v) is 13.0. The van der Waals surface area contributed by atoms with Crippen molar-refractivity contribution in [1.29, 1.82) is 0 Å².